The Labute approximate surface area is 212 Å². The molecular weight excluding hydrogens is 472 g/mol. The van der Waals surface area contributed by atoms with Crippen LogP contribution in [0, 0.1) is 0 Å². The normalized spacial score (nSPS) is 13.9. The van der Waals surface area contributed by atoms with Crippen LogP contribution in [0.1, 0.15) is 23.3 Å². The number of benzene rings is 1. The van der Waals surface area contributed by atoms with Crippen molar-refractivity contribution in [2.24, 2.45) is 0 Å². The van der Waals surface area contributed by atoms with Gasteiger partial charge in [-0.25, -0.2) is 9.78 Å². The van der Waals surface area contributed by atoms with E-state index in [9.17, 15) is 4.79 Å². The average Bonchev–Trinajstić information content (AvgIpc) is 3.69. The van der Waals surface area contributed by atoms with Gasteiger partial charge in [0.15, 0.2) is 5.75 Å². The van der Waals surface area contributed by atoms with Gasteiger partial charge in [0.05, 0.1) is 24.6 Å². The van der Waals surface area contributed by atoms with Gasteiger partial charge in [-0.3, -0.25) is 14.9 Å². The standard InChI is InChI=1S/C27H26N6O2S/c34-27(35-21-14-30-33(17-21)16-19-6-2-1-3-7-19)31-24-15-29-26-23(24)12-20(13-28-26)25-9-8-22(36-25)18-32-10-4-5-11-32/h1-3,6-9,12-15,17H,4-5,10-11,16,18H2,(H,28,29)(H,31,34). The molecule has 0 aliphatic carbocycles. The molecule has 0 unspecified atom stereocenters. The quantitative estimate of drug-likeness (QED) is 0.299. The maximum Gasteiger partial charge on any atom is 0.417 e. The van der Waals surface area contributed by atoms with Crippen molar-refractivity contribution in [3.05, 3.63) is 83.8 Å². The van der Waals surface area contributed by atoms with E-state index in [0.29, 0.717) is 23.6 Å². The number of pyridine rings is 1. The van der Waals surface area contributed by atoms with E-state index in [2.05, 4.69) is 43.5 Å². The lowest BCUT2D eigenvalue weighted by atomic mass is 10.2. The number of fused-ring (bicyclic) bond motifs is 1. The van der Waals surface area contributed by atoms with Crippen LogP contribution in [0.5, 0.6) is 5.75 Å². The fourth-order valence-corrected chi connectivity index (χ4v) is 5.55. The molecule has 0 atom stereocenters. The van der Waals surface area contributed by atoms with Crippen molar-refractivity contribution in [1.82, 2.24) is 24.6 Å². The maximum atomic E-state index is 12.6. The first-order valence-electron chi connectivity index (χ1n) is 12.0. The predicted octanol–water partition coefficient (Wildman–Crippen LogP) is 5.74. The van der Waals surface area contributed by atoms with Crippen molar-refractivity contribution < 1.29 is 9.53 Å². The first-order chi connectivity index (χ1) is 17.7. The van der Waals surface area contributed by atoms with E-state index >= 15 is 0 Å². The molecule has 6 rings (SSSR count). The number of anilines is 1. The molecular formula is C27H26N6O2S. The van der Waals surface area contributed by atoms with Crippen molar-refractivity contribution in [3.63, 3.8) is 0 Å². The van der Waals surface area contributed by atoms with Crippen LogP contribution in [-0.4, -0.2) is 43.8 Å². The number of nitrogens with one attached hydrogen (secondary N) is 2. The molecule has 0 saturated carbocycles. The zero-order chi connectivity index (χ0) is 24.3. The molecule has 1 aromatic carbocycles. The van der Waals surface area contributed by atoms with Crippen LogP contribution in [0.25, 0.3) is 21.5 Å². The summed E-state index contributed by atoms with van der Waals surface area (Å²) in [5.41, 5.74) is 3.47. The van der Waals surface area contributed by atoms with Crippen LogP contribution in [0.15, 0.2) is 73.3 Å². The van der Waals surface area contributed by atoms with Crippen LogP contribution in [0.3, 0.4) is 0 Å². The smallest absolute Gasteiger partial charge is 0.407 e. The van der Waals surface area contributed by atoms with Crippen molar-refractivity contribution in [2.75, 3.05) is 18.4 Å². The molecule has 1 amide bonds. The van der Waals surface area contributed by atoms with Gasteiger partial charge in [0.2, 0.25) is 0 Å². The monoisotopic (exact) mass is 498 g/mol. The molecule has 9 heteroatoms. The third-order valence-corrected chi connectivity index (χ3v) is 7.42. The molecule has 0 bridgehead atoms. The summed E-state index contributed by atoms with van der Waals surface area (Å²) in [6.07, 6.45) is 8.85. The fraction of sp³-hybridized carbons (Fsp3) is 0.222. The zero-order valence-corrected chi connectivity index (χ0v) is 20.5. The highest BCUT2D eigenvalue weighted by Crippen LogP contribution is 2.32. The summed E-state index contributed by atoms with van der Waals surface area (Å²) in [6, 6.07) is 16.4. The van der Waals surface area contributed by atoms with E-state index < -0.39 is 6.09 Å². The van der Waals surface area contributed by atoms with E-state index in [-0.39, 0.29) is 0 Å². The van der Waals surface area contributed by atoms with Gasteiger partial charge in [0.25, 0.3) is 0 Å². The summed E-state index contributed by atoms with van der Waals surface area (Å²) in [4.78, 5) is 25.3. The SMILES string of the molecule is O=C(Nc1c[nH]c2ncc(-c3ccc(CN4CCCC4)s3)cc12)Oc1cnn(Cc2ccccc2)c1. The van der Waals surface area contributed by atoms with E-state index in [1.165, 1.54) is 41.9 Å². The van der Waals surface area contributed by atoms with Gasteiger partial charge in [-0.2, -0.15) is 5.10 Å². The Morgan fingerprint density at radius 1 is 1.08 bits per heavy atom. The number of hydrogen-bond donors (Lipinski definition) is 2. The lowest BCUT2D eigenvalue weighted by Gasteiger charge is -2.12. The van der Waals surface area contributed by atoms with Crippen molar-refractivity contribution in [2.45, 2.75) is 25.9 Å². The number of hydrogen-bond acceptors (Lipinski definition) is 6. The van der Waals surface area contributed by atoms with Gasteiger partial charge < -0.3 is 9.72 Å². The summed E-state index contributed by atoms with van der Waals surface area (Å²) < 4.78 is 7.20. The molecule has 5 heterocycles. The second kappa shape index (κ2) is 9.96. The third kappa shape index (κ3) is 5.02. The van der Waals surface area contributed by atoms with Gasteiger partial charge in [0.1, 0.15) is 5.65 Å². The Bertz CT molecular complexity index is 1480. The number of rotatable bonds is 7. The Balaban J connectivity index is 1.13. The van der Waals surface area contributed by atoms with Crippen molar-refractivity contribution in [1.29, 1.82) is 0 Å². The topological polar surface area (TPSA) is 88.1 Å². The minimum Gasteiger partial charge on any atom is -0.407 e. The van der Waals surface area contributed by atoms with Crippen LogP contribution < -0.4 is 10.1 Å². The largest absolute Gasteiger partial charge is 0.417 e. The van der Waals surface area contributed by atoms with E-state index in [0.717, 1.165) is 23.1 Å². The Kier molecular flexibility index (Phi) is 6.23. The second-order valence-corrected chi connectivity index (χ2v) is 10.1. The number of likely N-dealkylation sites (tertiary alicyclic amines) is 1. The van der Waals surface area contributed by atoms with Crippen LogP contribution >= 0.6 is 11.3 Å². The van der Waals surface area contributed by atoms with E-state index in [1.807, 2.05) is 36.5 Å². The predicted molar refractivity (Wildman–Crippen MR) is 141 cm³/mol. The minimum absolute atomic E-state index is 0.381. The highest BCUT2D eigenvalue weighted by Gasteiger charge is 2.15. The number of aromatic nitrogens is 4. The highest BCUT2D eigenvalue weighted by atomic mass is 32.1. The molecule has 4 aromatic heterocycles. The maximum absolute atomic E-state index is 12.6. The Morgan fingerprint density at radius 3 is 2.81 bits per heavy atom. The third-order valence-electron chi connectivity index (χ3n) is 6.30. The Morgan fingerprint density at radius 2 is 1.94 bits per heavy atom. The number of thiophene rings is 1. The van der Waals surface area contributed by atoms with E-state index in [1.54, 1.807) is 28.4 Å². The molecule has 36 heavy (non-hydrogen) atoms. The average molecular weight is 499 g/mol. The van der Waals surface area contributed by atoms with Crippen LogP contribution in [0.2, 0.25) is 0 Å². The summed E-state index contributed by atoms with van der Waals surface area (Å²) in [7, 11) is 0. The number of ether oxygens (including phenoxy) is 1. The summed E-state index contributed by atoms with van der Waals surface area (Å²) in [5, 5.41) is 7.95. The molecule has 0 radical (unpaired) electrons. The lowest BCUT2D eigenvalue weighted by molar-refractivity contribution is 0.215. The molecule has 1 aliphatic rings. The Hall–Kier alpha value is -3.95. The lowest BCUT2D eigenvalue weighted by Crippen LogP contribution is -2.17. The first kappa shape index (κ1) is 22.5. The molecule has 182 valence electrons. The molecule has 1 fully saturated rings. The molecule has 0 spiro atoms. The van der Waals surface area contributed by atoms with E-state index in [4.69, 9.17) is 4.74 Å². The molecule has 1 aliphatic heterocycles. The van der Waals surface area contributed by atoms with Crippen LogP contribution in [-0.2, 0) is 13.1 Å². The number of H-pyrrole nitrogens is 1. The molecule has 5 aromatic rings. The second-order valence-electron chi connectivity index (χ2n) is 8.95. The molecule has 8 nitrogen and oxygen atoms in total. The van der Waals surface area contributed by atoms with Crippen LogP contribution in [0.4, 0.5) is 10.5 Å². The van der Waals surface area contributed by atoms with Crippen molar-refractivity contribution >= 4 is 34.2 Å². The van der Waals surface area contributed by atoms with Gasteiger partial charge >= 0.3 is 6.09 Å². The summed E-state index contributed by atoms with van der Waals surface area (Å²) in [6.45, 7) is 3.97. The minimum atomic E-state index is -0.579. The number of nitrogens with zero attached hydrogens (tertiary/aromatic N) is 4. The zero-order valence-electron chi connectivity index (χ0n) is 19.7. The highest BCUT2D eigenvalue weighted by molar-refractivity contribution is 7.15. The fourth-order valence-electron chi connectivity index (χ4n) is 4.52. The summed E-state index contributed by atoms with van der Waals surface area (Å²) in [5.74, 6) is 0.381. The number of carbonyl (C=O) groups excluding carboxylic acids is 1. The van der Waals surface area contributed by atoms with Gasteiger partial charge in [0, 0.05) is 39.6 Å². The van der Waals surface area contributed by atoms with Gasteiger partial charge in [-0.15, -0.1) is 11.3 Å². The number of carbonyl (C=O) groups is 1. The van der Waals surface area contributed by atoms with Gasteiger partial charge in [-0.05, 0) is 49.7 Å². The molecule has 1 saturated heterocycles. The van der Waals surface area contributed by atoms with Gasteiger partial charge in [-0.1, -0.05) is 30.3 Å². The first-order valence-corrected chi connectivity index (χ1v) is 12.8. The number of amides is 1. The molecule has 2 N–H and O–H groups in total. The summed E-state index contributed by atoms with van der Waals surface area (Å²) >= 11 is 1.80. The van der Waals surface area contributed by atoms with Crippen molar-refractivity contribution in [3.8, 4) is 16.2 Å². The number of aromatic amines is 1.